The van der Waals surface area contributed by atoms with Crippen LogP contribution in [0.25, 0.3) is 45.2 Å². The number of hydrogen-bond acceptors (Lipinski definition) is 0. The Morgan fingerprint density at radius 2 is 1.25 bits per heavy atom. The largest absolute Gasteiger partial charge is 0.355 e. The fourth-order valence-corrected chi connectivity index (χ4v) is 3.73. The maximum Gasteiger partial charge on any atom is 0.0464 e. The molecule has 0 fully saturated rings. The first-order chi connectivity index (χ1) is 13.6. The molecule has 0 unspecified atom stereocenters. The highest BCUT2D eigenvalue weighted by Gasteiger charge is 2.04. The second-order valence-corrected chi connectivity index (χ2v) is 7.54. The molecular weight excluding hydrogens is 340 g/mol. The number of rotatable bonds is 3. The third kappa shape index (κ3) is 3.14. The Labute approximate surface area is 164 Å². The van der Waals surface area contributed by atoms with E-state index in [1.807, 2.05) is 0 Å². The third-order valence-corrected chi connectivity index (χ3v) is 5.25. The van der Waals surface area contributed by atoms with Gasteiger partial charge in [0.15, 0.2) is 0 Å². The number of hydrogen-bond donors (Lipinski definition) is 2. The van der Waals surface area contributed by atoms with Crippen LogP contribution in [0.4, 0.5) is 0 Å². The molecule has 0 saturated heterocycles. The summed E-state index contributed by atoms with van der Waals surface area (Å²) in [6.45, 7) is 4.25. The summed E-state index contributed by atoms with van der Waals surface area (Å²) >= 11 is 0. The van der Waals surface area contributed by atoms with E-state index >= 15 is 0 Å². The minimum Gasteiger partial charge on any atom is -0.355 e. The first-order valence-corrected chi connectivity index (χ1v) is 9.61. The SMILES string of the molecule is Cc1ccc2[nH]c(C=Cc3ccc(-c4cc5cc(C)ccc5[nH]4)cc3)cc2c1. The number of H-pyrrole nitrogens is 2. The van der Waals surface area contributed by atoms with E-state index < -0.39 is 0 Å². The summed E-state index contributed by atoms with van der Waals surface area (Å²) in [5, 5.41) is 2.51. The van der Waals surface area contributed by atoms with Crippen molar-refractivity contribution in [1.29, 1.82) is 0 Å². The van der Waals surface area contributed by atoms with Crippen molar-refractivity contribution in [1.82, 2.24) is 9.97 Å². The van der Waals surface area contributed by atoms with Crippen molar-refractivity contribution in [2.45, 2.75) is 13.8 Å². The molecule has 0 atom stereocenters. The normalized spacial score (nSPS) is 11.8. The van der Waals surface area contributed by atoms with Crippen LogP contribution in [-0.2, 0) is 0 Å². The van der Waals surface area contributed by atoms with Gasteiger partial charge in [0.05, 0.1) is 0 Å². The number of benzene rings is 3. The Morgan fingerprint density at radius 3 is 1.96 bits per heavy atom. The van der Waals surface area contributed by atoms with Crippen molar-refractivity contribution in [2.75, 3.05) is 0 Å². The monoisotopic (exact) mass is 362 g/mol. The highest BCUT2D eigenvalue weighted by atomic mass is 14.7. The minimum atomic E-state index is 1.12. The number of nitrogens with one attached hydrogen (secondary N) is 2. The van der Waals surface area contributed by atoms with E-state index in [0.717, 1.165) is 11.4 Å². The summed E-state index contributed by atoms with van der Waals surface area (Å²) in [4.78, 5) is 6.97. The summed E-state index contributed by atoms with van der Waals surface area (Å²) < 4.78 is 0. The van der Waals surface area contributed by atoms with Crippen LogP contribution >= 0.6 is 0 Å². The highest BCUT2D eigenvalue weighted by Crippen LogP contribution is 2.25. The zero-order valence-corrected chi connectivity index (χ0v) is 16.1. The van der Waals surface area contributed by atoms with Crippen LogP contribution in [0.3, 0.4) is 0 Å². The quantitative estimate of drug-likeness (QED) is 0.343. The van der Waals surface area contributed by atoms with Crippen LogP contribution < -0.4 is 0 Å². The van der Waals surface area contributed by atoms with Gasteiger partial charge in [-0.1, -0.05) is 53.6 Å². The van der Waals surface area contributed by atoms with Gasteiger partial charge in [-0.15, -0.1) is 0 Å². The smallest absolute Gasteiger partial charge is 0.0464 e. The van der Waals surface area contributed by atoms with Gasteiger partial charge < -0.3 is 9.97 Å². The Bertz CT molecular complexity index is 1310. The average Bonchev–Trinajstić information content (AvgIpc) is 3.29. The lowest BCUT2D eigenvalue weighted by Crippen LogP contribution is -1.78. The van der Waals surface area contributed by atoms with Crippen LogP contribution in [0, 0.1) is 13.8 Å². The Hall–Kier alpha value is -3.52. The lowest BCUT2D eigenvalue weighted by atomic mass is 10.1. The van der Waals surface area contributed by atoms with Gasteiger partial charge in [0.2, 0.25) is 0 Å². The fourth-order valence-electron chi connectivity index (χ4n) is 3.73. The molecule has 2 aromatic heterocycles. The molecular formula is C26H22N2. The molecule has 0 aliphatic heterocycles. The van der Waals surface area contributed by atoms with E-state index in [4.69, 9.17) is 0 Å². The second kappa shape index (κ2) is 6.58. The van der Waals surface area contributed by atoms with Gasteiger partial charge in [0.25, 0.3) is 0 Å². The Balaban J connectivity index is 1.39. The molecule has 28 heavy (non-hydrogen) atoms. The summed E-state index contributed by atoms with van der Waals surface area (Å²) in [6, 6.07) is 26.1. The molecule has 0 amide bonds. The van der Waals surface area contributed by atoms with E-state index in [0.29, 0.717) is 0 Å². The molecule has 0 spiro atoms. The van der Waals surface area contributed by atoms with Crippen LogP contribution in [-0.4, -0.2) is 9.97 Å². The van der Waals surface area contributed by atoms with Crippen LogP contribution in [0.1, 0.15) is 22.4 Å². The minimum absolute atomic E-state index is 1.12. The molecule has 0 aliphatic carbocycles. The van der Waals surface area contributed by atoms with Crippen molar-refractivity contribution >= 4 is 34.0 Å². The maximum absolute atomic E-state index is 3.51. The first-order valence-electron chi connectivity index (χ1n) is 9.61. The van der Waals surface area contributed by atoms with Gasteiger partial charge in [0, 0.05) is 33.2 Å². The molecule has 0 saturated carbocycles. The van der Waals surface area contributed by atoms with Gasteiger partial charge >= 0.3 is 0 Å². The fraction of sp³-hybridized carbons (Fsp3) is 0.0769. The van der Waals surface area contributed by atoms with E-state index in [2.05, 4.69) is 109 Å². The van der Waals surface area contributed by atoms with Gasteiger partial charge in [0.1, 0.15) is 0 Å². The Kier molecular flexibility index (Phi) is 3.91. The molecule has 3 aromatic carbocycles. The predicted octanol–water partition coefficient (Wildman–Crippen LogP) is 7.10. The summed E-state index contributed by atoms with van der Waals surface area (Å²) in [5.74, 6) is 0. The van der Waals surface area contributed by atoms with Gasteiger partial charge in [-0.2, -0.15) is 0 Å². The molecule has 2 heteroatoms. The molecule has 0 bridgehead atoms. The number of aromatic amines is 2. The molecule has 2 heterocycles. The molecule has 2 nitrogen and oxygen atoms in total. The third-order valence-electron chi connectivity index (χ3n) is 5.25. The lowest BCUT2D eigenvalue weighted by Gasteiger charge is -1.99. The standard InChI is InChI=1S/C26H22N2/c1-17-3-11-24-21(13-17)15-23(27-24)10-7-19-5-8-20(9-6-19)26-16-22-14-18(2)4-12-25(22)28-26/h3-16,27-28H,1-2H3. The van der Waals surface area contributed by atoms with Crippen LogP contribution in [0.15, 0.2) is 72.8 Å². The van der Waals surface area contributed by atoms with Crippen molar-refractivity contribution in [3.63, 3.8) is 0 Å². The molecule has 136 valence electrons. The van der Waals surface area contributed by atoms with Crippen molar-refractivity contribution in [3.8, 4) is 11.3 Å². The number of fused-ring (bicyclic) bond motifs is 2. The first kappa shape index (κ1) is 16.6. The maximum atomic E-state index is 3.51. The molecule has 5 rings (SSSR count). The van der Waals surface area contributed by atoms with E-state index in [1.165, 1.54) is 44.1 Å². The van der Waals surface area contributed by atoms with E-state index in [-0.39, 0.29) is 0 Å². The van der Waals surface area contributed by atoms with E-state index in [1.54, 1.807) is 0 Å². The van der Waals surface area contributed by atoms with Crippen LogP contribution in [0.2, 0.25) is 0 Å². The zero-order valence-electron chi connectivity index (χ0n) is 16.1. The Morgan fingerprint density at radius 1 is 0.607 bits per heavy atom. The zero-order chi connectivity index (χ0) is 19.1. The lowest BCUT2D eigenvalue weighted by molar-refractivity contribution is 1.42. The van der Waals surface area contributed by atoms with Crippen molar-refractivity contribution < 1.29 is 0 Å². The summed E-state index contributed by atoms with van der Waals surface area (Å²) in [5.41, 5.74) is 9.58. The summed E-state index contributed by atoms with van der Waals surface area (Å²) in [6.07, 6.45) is 4.28. The molecule has 2 N–H and O–H groups in total. The van der Waals surface area contributed by atoms with Crippen LogP contribution in [0.5, 0.6) is 0 Å². The average molecular weight is 362 g/mol. The van der Waals surface area contributed by atoms with E-state index in [9.17, 15) is 0 Å². The highest BCUT2D eigenvalue weighted by molar-refractivity contribution is 5.87. The number of aryl methyl sites for hydroxylation is 2. The van der Waals surface area contributed by atoms with Crippen molar-refractivity contribution in [3.05, 3.63) is 95.2 Å². The topological polar surface area (TPSA) is 31.6 Å². The second-order valence-electron chi connectivity index (χ2n) is 7.54. The molecule has 0 aliphatic rings. The summed E-state index contributed by atoms with van der Waals surface area (Å²) in [7, 11) is 0. The molecule has 5 aromatic rings. The van der Waals surface area contributed by atoms with Gasteiger partial charge in [-0.05, 0) is 67.4 Å². The van der Waals surface area contributed by atoms with Gasteiger partial charge in [-0.25, -0.2) is 0 Å². The predicted molar refractivity (Wildman–Crippen MR) is 120 cm³/mol. The van der Waals surface area contributed by atoms with Gasteiger partial charge in [-0.3, -0.25) is 0 Å². The van der Waals surface area contributed by atoms with Crippen molar-refractivity contribution in [2.24, 2.45) is 0 Å². The molecule has 0 radical (unpaired) electrons. The number of aromatic nitrogens is 2.